The average Bonchev–Trinajstić information content (AvgIpc) is 3.09. The van der Waals surface area contributed by atoms with E-state index < -0.39 is 9.84 Å². The number of methoxy groups -OCH3 is 1. The monoisotopic (exact) mass is 525 g/mol. The van der Waals surface area contributed by atoms with Gasteiger partial charge in [-0.1, -0.05) is 11.6 Å². The zero-order valence-electron chi connectivity index (χ0n) is 20.8. The maximum absolute atomic E-state index is 13.6. The number of hydrogen-bond acceptors (Lipinski definition) is 6. The third-order valence-corrected chi connectivity index (χ3v) is 9.33. The summed E-state index contributed by atoms with van der Waals surface area (Å²) in [6.07, 6.45) is 1.72. The molecule has 0 atom stereocenters. The molecular weight excluding hydrogens is 494 g/mol. The van der Waals surface area contributed by atoms with E-state index in [0.29, 0.717) is 5.75 Å². The number of piperazine rings is 1. The Labute approximate surface area is 219 Å². The van der Waals surface area contributed by atoms with Crippen molar-refractivity contribution < 1.29 is 13.2 Å². The van der Waals surface area contributed by atoms with Crippen molar-refractivity contribution in [2.24, 2.45) is 0 Å². The molecule has 6 nitrogen and oxygen atoms in total. The highest BCUT2D eigenvalue weighted by Gasteiger charge is 2.26. The van der Waals surface area contributed by atoms with Crippen molar-refractivity contribution in [2.75, 3.05) is 63.2 Å². The van der Waals surface area contributed by atoms with E-state index in [9.17, 15) is 8.42 Å². The van der Waals surface area contributed by atoms with Crippen LogP contribution in [0.25, 0.3) is 0 Å². The van der Waals surface area contributed by atoms with E-state index in [1.165, 1.54) is 18.4 Å². The van der Waals surface area contributed by atoms with Gasteiger partial charge in [-0.05, 0) is 91.7 Å². The fraction of sp³-hybridized carbons (Fsp3) is 0.357. The maximum Gasteiger partial charge on any atom is 0.210 e. The lowest BCUT2D eigenvalue weighted by Crippen LogP contribution is -2.46. The number of ether oxygens (including phenoxy) is 1. The first kappa shape index (κ1) is 24.9. The number of likely N-dealkylation sites (N-methyl/N-ethyl adjacent to an activating group) is 1. The molecule has 0 bridgehead atoms. The summed E-state index contributed by atoms with van der Waals surface area (Å²) < 4.78 is 32.8. The summed E-state index contributed by atoms with van der Waals surface area (Å²) in [5, 5.41) is 0.739. The molecule has 1 saturated heterocycles. The molecule has 2 heterocycles. The predicted molar refractivity (Wildman–Crippen MR) is 146 cm³/mol. The number of fused-ring (bicyclic) bond motifs is 1. The van der Waals surface area contributed by atoms with Crippen molar-refractivity contribution in [2.45, 2.75) is 22.6 Å². The predicted octanol–water partition coefficient (Wildman–Crippen LogP) is 4.54. The van der Waals surface area contributed by atoms with Crippen LogP contribution in [-0.4, -0.2) is 66.7 Å². The Bertz CT molecular complexity index is 1320. The second-order valence-electron chi connectivity index (χ2n) is 9.52. The fourth-order valence-electron chi connectivity index (χ4n) is 5.05. The maximum atomic E-state index is 13.6. The first-order chi connectivity index (χ1) is 17.3. The average molecular weight is 526 g/mol. The van der Waals surface area contributed by atoms with Gasteiger partial charge in [-0.2, -0.15) is 0 Å². The molecule has 0 radical (unpaired) electrons. The molecule has 0 N–H and O–H groups in total. The van der Waals surface area contributed by atoms with Gasteiger partial charge >= 0.3 is 0 Å². The third kappa shape index (κ3) is 5.05. The smallest absolute Gasteiger partial charge is 0.210 e. The van der Waals surface area contributed by atoms with Crippen LogP contribution in [0.3, 0.4) is 0 Å². The summed E-state index contributed by atoms with van der Waals surface area (Å²) in [6.45, 7) is 5.38. The highest BCUT2D eigenvalue weighted by atomic mass is 35.5. The van der Waals surface area contributed by atoms with Crippen molar-refractivity contribution in [1.82, 2.24) is 4.90 Å². The molecule has 2 aliphatic rings. The van der Waals surface area contributed by atoms with Crippen molar-refractivity contribution in [3.63, 3.8) is 0 Å². The lowest BCUT2D eigenvalue weighted by Gasteiger charge is -2.37. The Hall–Kier alpha value is -2.74. The molecular formula is C28H32ClN3O3S. The Kier molecular flexibility index (Phi) is 7.15. The van der Waals surface area contributed by atoms with E-state index >= 15 is 0 Å². The van der Waals surface area contributed by atoms with Crippen LogP contribution in [0, 0.1) is 0 Å². The summed E-state index contributed by atoms with van der Waals surface area (Å²) in [5.41, 5.74) is 4.46. The van der Waals surface area contributed by atoms with E-state index in [1.54, 1.807) is 12.1 Å². The Morgan fingerprint density at radius 2 is 1.25 bits per heavy atom. The number of benzene rings is 3. The number of sulfone groups is 1. The van der Waals surface area contributed by atoms with Crippen LogP contribution >= 0.6 is 11.6 Å². The zero-order valence-corrected chi connectivity index (χ0v) is 22.4. The standard InChI is InChI=1S/C28H32ClN3O3S/c1-30-13-11-21-19-27(35-2)28(20-22(21)12-14-30)36(33,34)26-9-7-25(8-10-26)32-17-15-31(16-18-32)24-5-3-23(29)4-6-24/h3-10,19-20H,11-18H2,1-2H3. The van der Waals surface area contributed by atoms with Crippen LogP contribution in [0.2, 0.25) is 5.02 Å². The molecule has 5 rings (SSSR count). The molecule has 2 aliphatic heterocycles. The molecule has 0 amide bonds. The zero-order chi connectivity index (χ0) is 25.3. The summed E-state index contributed by atoms with van der Waals surface area (Å²) in [4.78, 5) is 7.44. The van der Waals surface area contributed by atoms with Gasteiger partial charge in [-0.25, -0.2) is 8.42 Å². The minimum atomic E-state index is -3.71. The lowest BCUT2D eigenvalue weighted by atomic mass is 10.0. The number of rotatable bonds is 5. The summed E-state index contributed by atoms with van der Waals surface area (Å²) in [6, 6.07) is 18.9. The van der Waals surface area contributed by atoms with Crippen LogP contribution in [0.15, 0.2) is 70.5 Å². The van der Waals surface area contributed by atoms with E-state index in [4.69, 9.17) is 16.3 Å². The fourth-order valence-corrected chi connectivity index (χ4v) is 6.63. The minimum absolute atomic E-state index is 0.248. The molecule has 8 heteroatoms. The van der Waals surface area contributed by atoms with E-state index in [1.807, 2.05) is 48.5 Å². The normalized spacial score (nSPS) is 17.0. The number of nitrogens with zero attached hydrogens (tertiary/aromatic N) is 3. The van der Waals surface area contributed by atoms with E-state index in [-0.39, 0.29) is 9.79 Å². The molecule has 3 aromatic rings. The third-order valence-electron chi connectivity index (χ3n) is 7.28. The Morgan fingerprint density at radius 1 is 0.750 bits per heavy atom. The van der Waals surface area contributed by atoms with Crippen LogP contribution in [0.5, 0.6) is 5.75 Å². The van der Waals surface area contributed by atoms with Gasteiger partial charge in [0.05, 0.1) is 12.0 Å². The van der Waals surface area contributed by atoms with Crippen LogP contribution in [0.1, 0.15) is 11.1 Å². The molecule has 190 valence electrons. The van der Waals surface area contributed by atoms with Crippen molar-refractivity contribution >= 4 is 32.8 Å². The number of halogens is 1. The van der Waals surface area contributed by atoms with Crippen molar-refractivity contribution in [3.8, 4) is 5.75 Å². The molecule has 0 unspecified atom stereocenters. The molecule has 3 aromatic carbocycles. The van der Waals surface area contributed by atoms with Crippen molar-refractivity contribution in [1.29, 1.82) is 0 Å². The van der Waals surface area contributed by atoms with Gasteiger partial charge in [-0.3, -0.25) is 0 Å². The first-order valence-corrected chi connectivity index (χ1v) is 14.2. The van der Waals surface area contributed by atoms with Crippen molar-refractivity contribution in [3.05, 3.63) is 76.8 Å². The van der Waals surface area contributed by atoms with E-state index in [2.05, 4.69) is 21.7 Å². The Balaban J connectivity index is 1.33. The highest BCUT2D eigenvalue weighted by Crippen LogP contribution is 2.34. The second-order valence-corrected chi connectivity index (χ2v) is 11.9. The summed E-state index contributed by atoms with van der Waals surface area (Å²) in [5.74, 6) is 0.417. The van der Waals surface area contributed by atoms with E-state index in [0.717, 1.165) is 68.4 Å². The minimum Gasteiger partial charge on any atom is -0.495 e. The van der Waals surface area contributed by atoms with Gasteiger partial charge in [0.15, 0.2) is 0 Å². The summed E-state index contributed by atoms with van der Waals surface area (Å²) >= 11 is 6.02. The van der Waals surface area contributed by atoms with Gasteiger partial charge in [0.25, 0.3) is 0 Å². The number of anilines is 2. The van der Waals surface area contributed by atoms with Crippen LogP contribution < -0.4 is 14.5 Å². The van der Waals surface area contributed by atoms with Gasteiger partial charge < -0.3 is 19.4 Å². The van der Waals surface area contributed by atoms with Gasteiger partial charge in [-0.15, -0.1) is 0 Å². The molecule has 0 aromatic heterocycles. The molecule has 0 aliphatic carbocycles. The van der Waals surface area contributed by atoms with Gasteiger partial charge in [0.2, 0.25) is 9.84 Å². The molecule has 36 heavy (non-hydrogen) atoms. The van der Waals surface area contributed by atoms with Crippen LogP contribution in [0.4, 0.5) is 11.4 Å². The quantitative estimate of drug-likeness (QED) is 0.487. The Morgan fingerprint density at radius 3 is 1.78 bits per heavy atom. The molecule has 1 fully saturated rings. The SMILES string of the molecule is COc1cc2c(cc1S(=O)(=O)c1ccc(N3CCN(c4ccc(Cl)cc4)CC3)cc1)CCN(C)CC2. The highest BCUT2D eigenvalue weighted by molar-refractivity contribution is 7.91. The lowest BCUT2D eigenvalue weighted by molar-refractivity contribution is 0.352. The summed E-state index contributed by atoms with van der Waals surface area (Å²) in [7, 11) is -0.0775. The largest absolute Gasteiger partial charge is 0.495 e. The number of hydrogen-bond donors (Lipinski definition) is 0. The molecule has 0 saturated carbocycles. The van der Waals surface area contributed by atoms with Gasteiger partial charge in [0, 0.05) is 55.7 Å². The molecule has 0 spiro atoms. The first-order valence-electron chi connectivity index (χ1n) is 12.3. The second kappa shape index (κ2) is 10.3. The van der Waals surface area contributed by atoms with Gasteiger partial charge in [0.1, 0.15) is 10.6 Å². The topological polar surface area (TPSA) is 53.1 Å². The van der Waals surface area contributed by atoms with Crippen LogP contribution in [-0.2, 0) is 22.7 Å².